The molecule has 3 rings (SSSR count). The first-order chi connectivity index (χ1) is 12.5. The van der Waals surface area contributed by atoms with E-state index in [0.29, 0.717) is 10.6 Å². The van der Waals surface area contributed by atoms with Gasteiger partial charge in [0.25, 0.3) is 0 Å². The number of thioether (sulfide) groups is 1. The van der Waals surface area contributed by atoms with E-state index in [1.165, 1.54) is 35.2 Å². The van der Waals surface area contributed by atoms with E-state index in [4.69, 9.17) is 0 Å². The number of thiazole rings is 1. The first kappa shape index (κ1) is 18.5. The predicted molar refractivity (Wildman–Crippen MR) is 102 cm³/mol. The molecule has 1 heterocycles. The van der Waals surface area contributed by atoms with Gasteiger partial charge in [0.2, 0.25) is 5.91 Å². The van der Waals surface area contributed by atoms with Crippen LogP contribution in [0.5, 0.6) is 0 Å². The van der Waals surface area contributed by atoms with Crippen LogP contribution in [0, 0.1) is 18.6 Å². The van der Waals surface area contributed by atoms with Gasteiger partial charge in [0.05, 0.1) is 12.1 Å². The Morgan fingerprint density at radius 1 is 1.15 bits per heavy atom. The summed E-state index contributed by atoms with van der Waals surface area (Å²) < 4.78 is 26.1. The van der Waals surface area contributed by atoms with Gasteiger partial charge in [0.1, 0.15) is 5.01 Å². The number of hydrogen-bond acceptors (Lipinski definition) is 4. The minimum absolute atomic E-state index is 0.122. The molecule has 0 bridgehead atoms. The number of anilines is 1. The summed E-state index contributed by atoms with van der Waals surface area (Å²) in [5.41, 5.74) is 2.69. The largest absolute Gasteiger partial charge is 0.326 e. The van der Waals surface area contributed by atoms with E-state index in [1.807, 2.05) is 36.6 Å². The van der Waals surface area contributed by atoms with E-state index in [0.717, 1.165) is 28.0 Å². The van der Waals surface area contributed by atoms with Crippen molar-refractivity contribution in [3.63, 3.8) is 0 Å². The van der Waals surface area contributed by atoms with Crippen LogP contribution in [-0.2, 0) is 17.0 Å². The summed E-state index contributed by atoms with van der Waals surface area (Å²) in [4.78, 5) is 17.2. The Labute approximate surface area is 158 Å². The standard InChI is InChI=1S/C19H16F2N2OS2/c1-12-2-4-13(5-3-12)22-18(24)9-19-23-14(11-26-19)10-25-15-6-7-16(20)17(21)8-15/h2-8,11H,9-10H2,1H3,(H,22,24). The van der Waals surface area contributed by atoms with Crippen LogP contribution in [0.2, 0.25) is 0 Å². The minimum Gasteiger partial charge on any atom is -0.326 e. The molecule has 134 valence electrons. The van der Waals surface area contributed by atoms with E-state index in [-0.39, 0.29) is 12.3 Å². The van der Waals surface area contributed by atoms with Crippen molar-refractivity contribution in [3.05, 3.63) is 75.7 Å². The number of amides is 1. The minimum atomic E-state index is -0.859. The molecule has 1 amide bonds. The second kappa shape index (κ2) is 8.42. The van der Waals surface area contributed by atoms with Crippen LogP contribution in [0.4, 0.5) is 14.5 Å². The summed E-state index contributed by atoms with van der Waals surface area (Å²) in [6, 6.07) is 11.4. The van der Waals surface area contributed by atoms with Crippen LogP contribution < -0.4 is 5.32 Å². The van der Waals surface area contributed by atoms with Crippen molar-refractivity contribution >= 4 is 34.7 Å². The van der Waals surface area contributed by atoms with Crippen LogP contribution >= 0.6 is 23.1 Å². The van der Waals surface area contributed by atoms with Crippen LogP contribution in [0.25, 0.3) is 0 Å². The number of rotatable bonds is 6. The van der Waals surface area contributed by atoms with E-state index in [2.05, 4.69) is 10.3 Å². The second-order valence-corrected chi connectivity index (χ2v) is 7.68. The molecule has 0 atom stereocenters. The van der Waals surface area contributed by atoms with Gasteiger partial charge in [-0.3, -0.25) is 4.79 Å². The summed E-state index contributed by atoms with van der Waals surface area (Å²) in [5.74, 6) is -1.31. The Kier molecular flexibility index (Phi) is 6.00. The molecular weight excluding hydrogens is 374 g/mol. The maximum atomic E-state index is 13.2. The van der Waals surface area contributed by atoms with Gasteiger partial charge in [-0.15, -0.1) is 23.1 Å². The lowest BCUT2D eigenvalue weighted by molar-refractivity contribution is -0.115. The highest BCUT2D eigenvalue weighted by Gasteiger charge is 2.10. The van der Waals surface area contributed by atoms with E-state index >= 15 is 0 Å². The highest BCUT2D eigenvalue weighted by molar-refractivity contribution is 7.98. The first-order valence-corrected chi connectivity index (χ1v) is 9.74. The highest BCUT2D eigenvalue weighted by atomic mass is 32.2. The van der Waals surface area contributed by atoms with Crippen molar-refractivity contribution in [1.29, 1.82) is 0 Å². The lowest BCUT2D eigenvalue weighted by Crippen LogP contribution is -2.14. The van der Waals surface area contributed by atoms with Gasteiger partial charge in [-0.05, 0) is 37.3 Å². The van der Waals surface area contributed by atoms with Crippen molar-refractivity contribution in [2.24, 2.45) is 0 Å². The van der Waals surface area contributed by atoms with Crippen LogP contribution in [-0.4, -0.2) is 10.9 Å². The van der Waals surface area contributed by atoms with Crippen molar-refractivity contribution < 1.29 is 13.6 Å². The third-order valence-corrected chi connectivity index (χ3v) is 5.45. The second-order valence-electron chi connectivity index (χ2n) is 5.69. The quantitative estimate of drug-likeness (QED) is 0.588. The summed E-state index contributed by atoms with van der Waals surface area (Å²) in [6.07, 6.45) is 0.203. The summed E-state index contributed by atoms with van der Waals surface area (Å²) in [7, 11) is 0. The molecule has 7 heteroatoms. The molecule has 0 saturated carbocycles. The van der Waals surface area contributed by atoms with Crippen LogP contribution in [0.1, 0.15) is 16.3 Å². The van der Waals surface area contributed by atoms with Gasteiger partial charge in [-0.2, -0.15) is 0 Å². The number of aryl methyl sites for hydroxylation is 1. The predicted octanol–water partition coefficient (Wildman–Crippen LogP) is 5.20. The molecule has 0 radical (unpaired) electrons. The summed E-state index contributed by atoms with van der Waals surface area (Å²) >= 11 is 2.78. The summed E-state index contributed by atoms with van der Waals surface area (Å²) in [6.45, 7) is 1.99. The fourth-order valence-corrected chi connectivity index (χ4v) is 3.91. The Balaban J connectivity index is 1.53. The number of halogens is 2. The number of carbonyl (C=O) groups excluding carboxylic acids is 1. The smallest absolute Gasteiger partial charge is 0.231 e. The van der Waals surface area contributed by atoms with Crippen molar-refractivity contribution in [2.45, 2.75) is 24.0 Å². The molecule has 2 aromatic carbocycles. The number of benzene rings is 2. The van der Waals surface area contributed by atoms with Gasteiger partial charge in [-0.25, -0.2) is 13.8 Å². The van der Waals surface area contributed by atoms with Crippen molar-refractivity contribution in [1.82, 2.24) is 4.98 Å². The number of hydrogen-bond donors (Lipinski definition) is 1. The normalized spacial score (nSPS) is 10.7. The molecule has 0 aliphatic carbocycles. The van der Waals surface area contributed by atoms with Gasteiger partial charge in [0.15, 0.2) is 11.6 Å². The zero-order valence-corrected chi connectivity index (χ0v) is 15.6. The van der Waals surface area contributed by atoms with Crippen molar-refractivity contribution in [3.8, 4) is 0 Å². The third kappa shape index (κ3) is 5.12. The molecule has 26 heavy (non-hydrogen) atoms. The maximum Gasteiger partial charge on any atom is 0.231 e. The van der Waals surface area contributed by atoms with Crippen molar-refractivity contribution in [2.75, 3.05) is 5.32 Å². The Bertz CT molecular complexity index is 910. The Morgan fingerprint density at radius 3 is 2.65 bits per heavy atom. The SMILES string of the molecule is Cc1ccc(NC(=O)Cc2nc(CSc3ccc(F)c(F)c3)cs2)cc1. The van der Waals surface area contributed by atoms with Crippen LogP contribution in [0.3, 0.4) is 0 Å². The Morgan fingerprint density at radius 2 is 1.92 bits per heavy atom. The first-order valence-electron chi connectivity index (χ1n) is 7.87. The highest BCUT2D eigenvalue weighted by Crippen LogP contribution is 2.25. The molecule has 0 saturated heterocycles. The van der Waals surface area contributed by atoms with E-state index < -0.39 is 11.6 Å². The third-order valence-electron chi connectivity index (χ3n) is 3.52. The molecular formula is C19H16F2N2OS2. The molecule has 3 aromatic rings. The van der Waals surface area contributed by atoms with Gasteiger partial charge in [0, 0.05) is 21.7 Å². The average Bonchev–Trinajstić information content (AvgIpc) is 3.05. The van der Waals surface area contributed by atoms with Crippen LogP contribution in [0.15, 0.2) is 52.7 Å². The monoisotopic (exact) mass is 390 g/mol. The molecule has 0 fully saturated rings. The lowest BCUT2D eigenvalue weighted by Gasteiger charge is -2.04. The maximum absolute atomic E-state index is 13.2. The molecule has 1 N–H and O–H groups in total. The lowest BCUT2D eigenvalue weighted by atomic mass is 10.2. The zero-order chi connectivity index (χ0) is 18.5. The van der Waals surface area contributed by atoms with Gasteiger partial charge < -0.3 is 5.32 Å². The number of nitrogens with one attached hydrogen (secondary N) is 1. The van der Waals surface area contributed by atoms with E-state index in [1.54, 1.807) is 0 Å². The summed E-state index contributed by atoms with van der Waals surface area (Å²) in [5, 5.41) is 5.44. The van der Waals surface area contributed by atoms with E-state index in [9.17, 15) is 13.6 Å². The number of carbonyl (C=O) groups is 1. The Hall–Kier alpha value is -2.25. The van der Waals surface area contributed by atoms with Gasteiger partial charge >= 0.3 is 0 Å². The number of nitrogens with zero attached hydrogens (tertiary/aromatic N) is 1. The number of aromatic nitrogens is 1. The van der Waals surface area contributed by atoms with Gasteiger partial charge in [-0.1, -0.05) is 17.7 Å². The molecule has 0 spiro atoms. The zero-order valence-electron chi connectivity index (χ0n) is 14.0. The molecule has 0 aliphatic rings. The topological polar surface area (TPSA) is 42.0 Å². The molecule has 0 unspecified atom stereocenters. The fraction of sp³-hybridized carbons (Fsp3) is 0.158. The molecule has 1 aromatic heterocycles. The molecule has 3 nitrogen and oxygen atoms in total. The molecule has 0 aliphatic heterocycles. The average molecular weight is 390 g/mol. The fourth-order valence-electron chi connectivity index (χ4n) is 2.20.